The lowest BCUT2D eigenvalue weighted by Gasteiger charge is -2.34. The minimum Gasteiger partial charge on any atom is -0.356 e. The number of carbonyl (C=O) groups is 1. The molecule has 1 fully saturated rings. The van der Waals surface area contributed by atoms with Crippen LogP contribution in [0.5, 0.6) is 0 Å². The molecule has 2 aromatic rings. The van der Waals surface area contributed by atoms with E-state index in [1.807, 2.05) is 6.92 Å². The van der Waals surface area contributed by atoms with Crippen molar-refractivity contribution in [2.75, 3.05) is 18.0 Å². The van der Waals surface area contributed by atoms with E-state index in [2.05, 4.69) is 30.4 Å². The van der Waals surface area contributed by atoms with Gasteiger partial charge in [0, 0.05) is 36.1 Å². The molecule has 7 heteroatoms. The Morgan fingerprint density at radius 1 is 1.24 bits per heavy atom. The first-order valence-electron chi connectivity index (χ1n) is 9.11. The van der Waals surface area contributed by atoms with Crippen LogP contribution in [0.4, 0.5) is 5.82 Å². The SMILES string of the molecule is Cc1cc(C(=O)NC2CCN(c3ncnc4c3CCCC4)CC2)n[nH]1. The number of anilines is 1. The third-order valence-electron chi connectivity index (χ3n) is 5.17. The first-order valence-corrected chi connectivity index (χ1v) is 9.11. The highest BCUT2D eigenvalue weighted by Gasteiger charge is 2.25. The number of nitrogens with one attached hydrogen (secondary N) is 2. The maximum Gasteiger partial charge on any atom is 0.271 e. The van der Waals surface area contributed by atoms with Crippen LogP contribution in [0.15, 0.2) is 12.4 Å². The van der Waals surface area contributed by atoms with Gasteiger partial charge in [0.2, 0.25) is 0 Å². The van der Waals surface area contributed by atoms with E-state index in [0.717, 1.165) is 50.3 Å². The van der Waals surface area contributed by atoms with Gasteiger partial charge in [-0.05, 0) is 51.5 Å². The van der Waals surface area contributed by atoms with Gasteiger partial charge in [-0.25, -0.2) is 9.97 Å². The summed E-state index contributed by atoms with van der Waals surface area (Å²) in [7, 11) is 0. The quantitative estimate of drug-likeness (QED) is 0.889. The molecule has 0 saturated carbocycles. The van der Waals surface area contributed by atoms with Gasteiger partial charge in [0.25, 0.3) is 5.91 Å². The molecule has 1 aliphatic heterocycles. The Bertz CT molecular complexity index is 763. The highest BCUT2D eigenvalue weighted by atomic mass is 16.2. The van der Waals surface area contributed by atoms with E-state index in [-0.39, 0.29) is 11.9 Å². The normalized spacial score (nSPS) is 18.0. The summed E-state index contributed by atoms with van der Waals surface area (Å²) in [5, 5.41) is 9.94. The van der Waals surface area contributed by atoms with Crippen molar-refractivity contribution in [1.29, 1.82) is 0 Å². The minimum absolute atomic E-state index is 0.0952. The van der Waals surface area contributed by atoms with E-state index in [1.165, 1.54) is 24.1 Å². The number of amides is 1. The first-order chi connectivity index (χ1) is 12.2. The van der Waals surface area contributed by atoms with Crippen molar-refractivity contribution in [3.8, 4) is 0 Å². The van der Waals surface area contributed by atoms with Crippen molar-refractivity contribution < 1.29 is 4.79 Å². The summed E-state index contributed by atoms with van der Waals surface area (Å²) in [5.74, 6) is 1.01. The van der Waals surface area contributed by atoms with Gasteiger partial charge in [0.05, 0.1) is 0 Å². The molecule has 0 spiro atoms. The van der Waals surface area contributed by atoms with Crippen LogP contribution < -0.4 is 10.2 Å². The van der Waals surface area contributed by atoms with Crippen LogP contribution in [0.25, 0.3) is 0 Å². The molecule has 0 atom stereocenters. The van der Waals surface area contributed by atoms with Gasteiger partial charge < -0.3 is 10.2 Å². The summed E-state index contributed by atoms with van der Waals surface area (Å²) >= 11 is 0. The molecule has 3 heterocycles. The topological polar surface area (TPSA) is 86.8 Å². The molecule has 1 saturated heterocycles. The number of piperidine rings is 1. The molecule has 7 nitrogen and oxygen atoms in total. The van der Waals surface area contributed by atoms with Gasteiger partial charge in [-0.2, -0.15) is 5.10 Å². The van der Waals surface area contributed by atoms with Crippen molar-refractivity contribution >= 4 is 11.7 Å². The predicted molar refractivity (Wildman–Crippen MR) is 94.7 cm³/mol. The summed E-state index contributed by atoms with van der Waals surface area (Å²) in [6, 6.07) is 1.97. The molecule has 1 aliphatic carbocycles. The molecule has 2 aromatic heterocycles. The Kier molecular flexibility index (Phi) is 4.38. The standard InChI is InChI=1S/C18H24N6O/c1-12-10-16(23-22-12)18(25)21-13-6-8-24(9-7-13)17-14-4-2-3-5-15(14)19-11-20-17/h10-11,13H,2-9H2,1H3,(H,21,25)(H,22,23). The molecule has 0 radical (unpaired) electrons. The number of aryl methyl sites for hydroxylation is 2. The van der Waals surface area contributed by atoms with Crippen LogP contribution in [-0.2, 0) is 12.8 Å². The second-order valence-electron chi connectivity index (χ2n) is 7.00. The van der Waals surface area contributed by atoms with E-state index < -0.39 is 0 Å². The fourth-order valence-electron chi connectivity index (χ4n) is 3.81. The maximum absolute atomic E-state index is 12.2. The average molecular weight is 340 g/mol. The van der Waals surface area contributed by atoms with Crippen molar-refractivity contribution in [1.82, 2.24) is 25.5 Å². The van der Waals surface area contributed by atoms with Crippen LogP contribution in [0.2, 0.25) is 0 Å². The Labute approximate surface area is 147 Å². The fourth-order valence-corrected chi connectivity index (χ4v) is 3.81. The Balaban J connectivity index is 1.38. The van der Waals surface area contributed by atoms with E-state index in [1.54, 1.807) is 12.4 Å². The monoisotopic (exact) mass is 340 g/mol. The average Bonchev–Trinajstić information content (AvgIpc) is 3.08. The number of hydrogen-bond donors (Lipinski definition) is 2. The molecule has 0 unspecified atom stereocenters. The van der Waals surface area contributed by atoms with Crippen LogP contribution in [0.1, 0.15) is 53.1 Å². The third-order valence-corrected chi connectivity index (χ3v) is 5.17. The van der Waals surface area contributed by atoms with E-state index in [0.29, 0.717) is 5.69 Å². The fraction of sp³-hybridized carbons (Fsp3) is 0.556. The second-order valence-corrected chi connectivity index (χ2v) is 7.00. The number of aromatic amines is 1. The molecule has 0 aromatic carbocycles. The van der Waals surface area contributed by atoms with Crippen molar-refractivity contribution in [2.24, 2.45) is 0 Å². The van der Waals surface area contributed by atoms with Gasteiger partial charge in [0.15, 0.2) is 0 Å². The van der Waals surface area contributed by atoms with Crippen LogP contribution in [0, 0.1) is 6.92 Å². The Hall–Kier alpha value is -2.44. The van der Waals surface area contributed by atoms with Crippen molar-refractivity contribution in [2.45, 2.75) is 51.5 Å². The molecule has 2 aliphatic rings. The summed E-state index contributed by atoms with van der Waals surface area (Å²) < 4.78 is 0. The van der Waals surface area contributed by atoms with E-state index >= 15 is 0 Å². The Morgan fingerprint density at radius 3 is 2.80 bits per heavy atom. The van der Waals surface area contributed by atoms with Gasteiger partial charge in [-0.3, -0.25) is 9.89 Å². The highest BCUT2D eigenvalue weighted by molar-refractivity contribution is 5.92. The van der Waals surface area contributed by atoms with Crippen molar-refractivity contribution in [3.05, 3.63) is 35.0 Å². The van der Waals surface area contributed by atoms with Gasteiger partial charge in [-0.1, -0.05) is 0 Å². The van der Waals surface area contributed by atoms with Crippen molar-refractivity contribution in [3.63, 3.8) is 0 Å². The summed E-state index contributed by atoms with van der Waals surface area (Å²) in [6.07, 6.45) is 8.16. The molecule has 2 N–H and O–H groups in total. The molecule has 4 rings (SSSR count). The van der Waals surface area contributed by atoms with Crippen LogP contribution in [-0.4, -0.2) is 45.2 Å². The van der Waals surface area contributed by atoms with Gasteiger partial charge in [0.1, 0.15) is 17.8 Å². The third kappa shape index (κ3) is 3.36. The summed E-state index contributed by atoms with van der Waals surface area (Å²) in [5.41, 5.74) is 3.92. The summed E-state index contributed by atoms with van der Waals surface area (Å²) in [4.78, 5) is 23.6. The largest absolute Gasteiger partial charge is 0.356 e. The minimum atomic E-state index is -0.0952. The molecule has 0 bridgehead atoms. The lowest BCUT2D eigenvalue weighted by atomic mass is 9.95. The second kappa shape index (κ2) is 6.82. The number of hydrogen-bond acceptors (Lipinski definition) is 5. The Morgan fingerprint density at radius 2 is 2.04 bits per heavy atom. The smallest absolute Gasteiger partial charge is 0.271 e. The zero-order valence-electron chi connectivity index (χ0n) is 14.6. The van der Waals surface area contributed by atoms with E-state index in [9.17, 15) is 4.79 Å². The molecule has 25 heavy (non-hydrogen) atoms. The molecular formula is C18H24N6O. The van der Waals surface area contributed by atoms with Gasteiger partial charge >= 0.3 is 0 Å². The summed E-state index contributed by atoms with van der Waals surface area (Å²) in [6.45, 7) is 3.71. The van der Waals surface area contributed by atoms with Crippen LogP contribution in [0.3, 0.4) is 0 Å². The number of H-pyrrole nitrogens is 1. The lowest BCUT2D eigenvalue weighted by Crippen LogP contribution is -2.45. The number of nitrogens with zero attached hydrogens (tertiary/aromatic N) is 4. The maximum atomic E-state index is 12.2. The molecule has 1 amide bonds. The zero-order valence-corrected chi connectivity index (χ0v) is 14.6. The molecular weight excluding hydrogens is 316 g/mol. The zero-order chi connectivity index (χ0) is 17.2. The number of carbonyl (C=O) groups excluding carboxylic acids is 1. The van der Waals surface area contributed by atoms with Gasteiger partial charge in [-0.15, -0.1) is 0 Å². The molecule has 132 valence electrons. The van der Waals surface area contributed by atoms with E-state index in [4.69, 9.17) is 0 Å². The predicted octanol–water partition coefficient (Wildman–Crippen LogP) is 1.79. The number of fused-ring (bicyclic) bond motifs is 1. The number of rotatable bonds is 3. The number of aromatic nitrogens is 4. The lowest BCUT2D eigenvalue weighted by molar-refractivity contribution is 0.0926. The highest BCUT2D eigenvalue weighted by Crippen LogP contribution is 2.28. The first kappa shape index (κ1) is 16.1. The van der Waals surface area contributed by atoms with Crippen LogP contribution >= 0.6 is 0 Å².